The summed E-state index contributed by atoms with van der Waals surface area (Å²) < 4.78 is 0. The van der Waals surface area contributed by atoms with Crippen molar-refractivity contribution >= 4 is 16.6 Å². The van der Waals surface area contributed by atoms with E-state index in [1.54, 1.807) is 0 Å². The number of aromatic nitrogens is 2. The summed E-state index contributed by atoms with van der Waals surface area (Å²) >= 11 is 0. The van der Waals surface area contributed by atoms with Gasteiger partial charge in [-0.15, -0.1) is 0 Å². The number of fused-ring (bicyclic) bond motifs is 3. The molecule has 3 nitrogen and oxygen atoms in total. The van der Waals surface area contributed by atoms with E-state index in [9.17, 15) is 5.26 Å². The summed E-state index contributed by atoms with van der Waals surface area (Å²) in [6, 6.07) is 8.44. The number of nitrogens with one attached hydrogen (secondary N) is 1. The number of hydrogen-bond acceptors (Lipinski definition) is 2. The maximum Gasteiger partial charge on any atom is 0.148 e. The predicted octanol–water partition coefficient (Wildman–Crippen LogP) is 3.99. The molecule has 0 radical (unpaired) electrons. The van der Waals surface area contributed by atoms with Gasteiger partial charge in [0.2, 0.25) is 0 Å². The first-order chi connectivity index (χ1) is 10.2. The quantitative estimate of drug-likeness (QED) is 0.665. The van der Waals surface area contributed by atoms with E-state index in [1.165, 1.54) is 18.4 Å². The fourth-order valence-corrected chi connectivity index (χ4v) is 3.65. The first-order valence-electron chi connectivity index (χ1n) is 7.50. The van der Waals surface area contributed by atoms with Crippen molar-refractivity contribution in [3.8, 4) is 6.07 Å². The topological polar surface area (TPSA) is 52.5 Å². The molecule has 1 saturated carbocycles. The molecular formula is C18H17N3. The smallest absolute Gasteiger partial charge is 0.148 e. The van der Waals surface area contributed by atoms with E-state index in [0.717, 1.165) is 17.0 Å². The molecule has 2 bridgehead atoms. The molecule has 0 unspecified atom stereocenters. The van der Waals surface area contributed by atoms with Crippen molar-refractivity contribution in [3.63, 3.8) is 0 Å². The van der Waals surface area contributed by atoms with Gasteiger partial charge in [0, 0.05) is 0 Å². The van der Waals surface area contributed by atoms with Crippen LogP contribution in [0.5, 0.6) is 0 Å². The van der Waals surface area contributed by atoms with Crippen LogP contribution in [0.15, 0.2) is 36.4 Å². The van der Waals surface area contributed by atoms with Gasteiger partial charge in [-0.3, -0.25) is 0 Å². The van der Waals surface area contributed by atoms with Crippen molar-refractivity contribution in [2.45, 2.75) is 19.8 Å². The van der Waals surface area contributed by atoms with Crippen molar-refractivity contribution in [2.24, 2.45) is 17.8 Å². The molecule has 4 rings (SSSR count). The molecule has 0 aliphatic heterocycles. The van der Waals surface area contributed by atoms with Crippen molar-refractivity contribution in [1.29, 1.82) is 5.26 Å². The van der Waals surface area contributed by atoms with Crippen LogP contribution in [0.25, 0.3) is 16.6 Å². The van der Waals surface area contributed by atoms with Gasteiger partial charge in [0.1, 0.15) is 11.9 Å². The summed E-state index contributed by atoms with van der Waals surface area (Å²) in [6.45, 7) is 2.06. The first-order valence-corrected chi connectivity index (χ1v) is 7.50. The molecule has 1 fully saturated rings. The van der Waals surface area contributed by atoms with Gasteiger partial charge in [-0.1, -0.05) is 24.3 Å². The minimum atomic E-state index is 0.490. The summed E-state index contributed by atoms with van der Waals surface area (Å²) in [4.78, 5) is 7.85. The normalized spacial score (nSPS) is 27.4. The highest BCUT2D eigenvalue weighted by Gasteiger charge is 2.34. The number of nitrogens with zero attached hydrogens (tertiary/aromatic N) is 2. The predicted molar refractivity (Wildman–Crippen MR) is 83.3 cm³/mol. The maximum atomic E-state index is 9.49. The minimum absolute atomic E-state index is 0.490. The molecule has 2 aliphatic carbocycles. The fourth-order valence-electron chi connectivity index (χ4n) is 3.65. The Labute approximate surface area is 124 Å². The Morgan fingerprint density at radius 3 is 3.00 bits per heavy atom. The number of aromatic amines is 1. The first kappa shape index (κ1) is 12.4. The molecule has 1 heterocycles. The van der Waals surface area contributed by atoms with Gasteiger partial charge in [0.25, 0.3) is 0 Å². The van der Waals surface area contributed by atoms with E-state index in [-0.39, 0.29) is 0 Å². The second-order valence-corrected chi connectivity index (χ2v) is 6.24. The fraction of sp³-hybridized carbons (Fsp3) is 0.333. The number of benzene rings is 1. The van der Waals surface area contributed by atoms with Gasteiger partial charge in [-0.05, 0) is 55.2 Å². The number of imidazole rings is 1. The third-order valence-corrected chi connectivity index (χ3v) is 4.72. The number of aryl methyl sites for hydroxylation is 1. The maximum absolute atomic E-state index is 9.49. The van der Waals surface area contributed by atoms with Crippen LogP contribution in [0.3, 0.4) is 0 Å². The van der Waals surface area contributed by atoms with E-state index in [4.69, 9.17) is 0 Å². The standard InChI is InChI=1S/C18H17N3/c1-11-2-5-16-17(6-11)21-18(20-16)15(10-19)9-14-8-12-3-4-13(14)7-12/h2-6,9,12-14H,7-8H2,1H3,(H,20,21)/b15-9-/t12-,13-,14+/m0/s1. The highest BCUT2D eigenvalue weighted by atomic mass is 14.9. The second-order valence-electron chi connectivity index (χ2n) is 6.24. The molecule has 2 aromatic rings. The Morgan fingerprint density at radius 1 is 1.38 bits per heavy atom. The zero-order valence-corrected chi connectivity index (χ0v) is 12.0. The molecule has 104 valence electrons. The van der Waals surface area contributed by atoms with Gasteiger partial charge >= 0.3 is 0 Å². The molecule has 3 atom stereocenters. The SMILES string of the molecule is Cc1ccc2nc(/C(C#N)=C\[C@H]3C[C@H]4C=C[C@H]3C4)[nH]c2c1. The number of rotatable bonds is 2. The van der Waals surface area contributed by atoms with Crippen molar-refractivity contribution in [2.75, 3.05) is 0 Å². The van der Waals surface area contributed by atoms with Gasteiger partial charge in [-0.25, -0.2) is 4.98 Å². The summed E-state index contributed by atoms with van der Waals surface area (Å²) in [5.74, 6) is 2.52. The van der Waals surface area contributed by atoms with Gasteiger partial charge < -0.3 is 4.98 Å². The minimum Gasteiger partial charge on any atom is -0.337 e. The third kappa shape index (κ3) is 2.08. The molecular weight excluding hydrogens is 258 g/mol. The van der Waals surface area contributed by atoms with E-state index in [0.29, 0.717) is 23.2 Å². The van der Waals surface area contributed by atoms with Crippen molar-refractivity contribution < 1.29 is 0 Å². The third-order valence-electron chi connectivity index (χ3n) is 4.72. The number of hydrogen-bond donors (Lipinski definition) is 1. The van der Waals surface area contributed by atoms with Gasteiger partial charge in [0.15, 0.2) is 0 Å². The lowest BCUT2D eigenvalue weighted by atomic mass is 9.91. The summed E-state index contributed by atoms with van der Waals surface area (Å²) in [7, 11) is 0. The van der Waals surface area contributed by atoms with Crippen LogP contribution >= 0.6 is 0 Å². The van der Waals surface area contributed by atoms with Gasteiger partial charge in [-0.2, -0.15) is 5.26 Å². The van der Waals surface area contributed by atoms with Gasteiger partial charge in [0.05, 0.1) is 16.6 Å². The lowest BCUT2D eigenvalue weighted by Crippen LogP contribution is -2.04. The molecule has 1 aromatic heterocycles. The van der Waals surface area contributed by atoms with Crippen LogP contribution in [0.2, 0.25) is 0 Å². The van der Waals surface area contributed by atoms with Crippen LogP contribution in [0.4, 0.5) is 0 Å². The highest BCUT2D eigenvalue weighted by molar-refractivity contribution is 5.82. The molecule has 0 spiro atoms. The van der Waals surface area contributed by atoms with E-state index >= 15 is 0 Å². The molecule has 21 heavy (non-hydrogen) atoms. The average molecular weight is 275 g/mol. The second kappa shape index (κ2) is 4.60. The Balaban J connectivity index is 1.71. The van der Waals surface area contributed by atoms with Crippen molar-refractivity contribution in [1.82, 2.24) is 9.97 Å². The molecule has 0 saturated heterocycles. The monoisotopic (exact) mass is 275 g/mol. The van der Waals surface area contributed by atoms with Crippen LogP contribution in [0.1, 0.15) is 24.2 Å². The van der Waals surface area contributed by atoms with E-state index in [1.807, 2.05) is 12.1 Å². The van der Waals surface area contributed by atoms with E-state index in [2.05, 4.69) is 47.3 Å². The molecule has 0 amide bonds. The van der Waals surface area contributed by atoms with Crippen LogP contribution in [-0.2, 0) is 0 Å². The summed E-state index contributed by atoms with van der Waals surface area (Å²) in [6.07, 6.45) is 9.18. The molecule has 2 aliphatic rings. The lowest BCUT2D eigenvalue weighted by Gasteiger charge is -2.13. The zero-order valence-electron chi connectivity index (χ0n) is 12.0. The highest BCUT2D eigenvalue weighted by Crippen LogP contribution is 2.44. The molecule has 3 heteroatoms. The Morgan fingerprint density at radius 2 is 2.29 bits per heavy atom. The molecule has 1 N–H and O–H groups in total. The Bertz CT molecular complexity index is 803. The van der Waals surface area contributed by atoms with Crippen LogP contribution < -0.4 is 0 Å². The number of allylic oxidation sites excluding steroid dienone is 4. The van der Waals surface area contributed by atoms with E-state index < -0.39 is 0 Å². The average Bonchev–Trinajstić information content (AvgIpc) is 3.18. The number of nitriles is 1. The Hall–Kier alpha value is -2.34. The Kier molecular flexibility index (Phi) is 2.71. The van der Waals surface area contributed by atoms with Crippen molar-refractivity contribution in [3.05, 3.63) is 47.8 Å². The molecule has 1 aromatic carbocycles. The lowest BCUT2D eigenvalue weighted by molar-refractivity contribution is 0.551. The summed E-state index contributed by atoms with van der Waals surface area (Å²) in [5, 5.41) is 9.49. The number of H-pyrrole nitrogens is 1. The zero-order chi connectivity index (χ0) is 14.4. The van der Waals surface area contributed by atoms with Crippen LogP contribution in [-0.4, -0.2) is 9.97 Å². The largest absolute Gasteiger partial charge is 0.337 e. The summed E-state index contributed by atoms with van der Waals surface area (Å²) in [5.41, 5.74) is 3.79. The van der Waals surface area contributed by atoms with Crippen LogP contribution in [0, 0.1) is 36.0 Å².